The van der Waals surface area contributed by atoms with Crippen molar-refractivity contribution in [2.24, 2.45) is 10.9 Å². The van der Waals surface area contributed by atoms with E-state index in [2.05, 4.69) is 29.0 Å². The summed E-state index contributed by atoms with van der Waals surface area (Å²) in [7, 11) is 0. The predicted octanol–water partition coefficient (Wildman–Crippen LogP) is 1.14. The van der Waals surface area contributed by atoms with Gasteiger partial charge < -0.3 is 20.2 Å². The second-order valence-electron chi connectivity index (χ2n) is 6.55. The van der Waals surface area contributed by atoms with Crippen LogP contribution in [0.1, 0.15) is 39.5 Å². The van der Waals surface area contributed by atoms with Gasteiger partial charge in [0.2, 0.25) is 0 Å². The van der Waals surface area contributed by atoms with Gasteiger partial charge in [0.05, 0.1) is 6.10 Å². The molecular weight excluding hydrogens is 264 g/mol. The van der Waals surface area contributed by atoms with Gasteiger partial charge in [-0.25, -0.2) is 0 Å². The van der Waals surface area contributed by atoms with Crippen LogP contribution in [-0.2, 0) is 0 Å². The van der Waals surface area contributed by atoms with Crippen molar-refractivity contribution in [1.29, 1.82) is 0 Å². The second-order valence-corrected chi connectivity index (χ2v) is 6.55. The number of nitrogens with one attached hydrogen (secondary N) is 1. The van der Waals surface area contributed by atoms with E-state index in [4.69, 9.17) is 4.99 Å². The summed E-state index contributed by atoms with van der Waals surface area (Å²) in [5, 5.41) is 13.0. The highest BCUT2D eigenvalue weighted by molar-refractivity contribution is 5.80. The van der Waals surface area contributed by atoms with E-state index < -0.39 is 0 Å². The maximum Gasteiger partial charge on any atom is 0.194 e. The Morgan fingerprint density at radius 1 is 1.29 bits per heavy atom. The minimum atomic E-state index is -0.195. The van der Waals surface area contributed by atoms with Crippen molar-refractivity contribution in [1.82, 2.24) is 15.1 Å². The summed E-state index contributed by atoms with van der Waals surface area (Å²) in [5.41, 5.74) is 0. The molecule has 2 aliphatic heterocycles. The Labute approximate surface area is 129 Å². The van der Waals surface area contributed by atoms with Gasteiger partial charge in [0, 0.05) is 32.7 Å². The molecular formula is C16H32N4O. The van der Waals surface area contributed by atoms with Crippen LogP contribution in [0.15, 0.2) is 4.99 Å². The number of likely N-dealkylation sites (tertiary alicyclic amines) is 2. The average Bonchev–Trinajstić information content (AvgIpc) is 2.91. The van der Waals surface area contributed by atoms with E-state index in [-0.39, 0.29) is 6.10 Å². The van der Waals surface area contributed by atoms with Gasteiger partial charge in [-0.1, -0.05) is 13.3 Å². The van der Waals surface area contributed by atoms with Gasteiger partial charge >= 0.3 is 0 Å². The molecule has 2 saturated heterocycles. The third kappa shape index (κ3) is 5.47. The fraction of sp³-hybridized carbons (Fsp3) is 0.938. The molecule has 2 atom stereocenters. The fourth-order valence-corrected chi connectivity index (χ4v) is 3.24. The molecule has 2 N–H and O–H groups in total. The maximum atomic E-state index is 9.68. The summed E-state index contributed by atoms with van der Waals surface area (Å²) in [4.78, 5) is 9.55. The molecule has 2 fully saturated rings. The number of aliphatic hydroxyl groups is 1. The van der Waals surface area contributed by atoms with Crippen LogP contribution in [-0.4, -0.2) is 72.8 Å². The molecule has 122 valence electrons. The number of piperidine rings is 1. The first-order valence-corrected chi connectivity index (χ1v) is 8.62. The van der Waals surface area contributed by atoms with Gasteiger partial charge in [-0.2, -0.15) is 0 Å². The molecule has 5 nitrogen and oxygen atoms in total. The number of aliphatic hydroxyl groups excluding tert-OH is 1. The van der Waals surface area contributed by atoms with Crippen molar-refractivity contribution in [3.05, 3.63) is 0 Å². The normalized spacial score (nSPS) is 26.1. The van der Waals surface area contributed by atoms with Crippen LogP contribution < -0.4 is 5.32 Å². The number of nitrogens with zero attached hydrogens (tertiary/aromatic N) is 3. The van der Waals surface area contributed by atoms with Gasteiger partial charge in [-0.15, -0.1) is 0 Å². The van der Waals surface area contributed by atoms with Gasteiger partial charge in [0.15, 0.2) is 5.96 Å². The molecule has 2 rings (SSSR count). The van der Waals surface area contributed by atoms with Crippen LogP contribution >= 0.6 is 0 Å². The van der Waals surface area contributed by atoms with Crippen LogP contribution in [0.2, 0.25) is 0 Å². The topological polar surface area (TPSA) is 51.1 Å². The van der Waals surface area contributed by atoms with E-state index >= 15 is 0 Å². The van der Waals surface area contributed by atoms with Gasteiger partial charge in [-0.05, 0) is 45.2 Å². The lowest BCUT2D eigenvalue weighted by Gasteiger charge is -2.29. The Hall–Kier alpha value is -0.810. The van der Waals surface area contributed by atoms with Crippen LogP contribution in [0.3, 0.4) is 0 Å². The van der Waals surface area contributed by atoms with Crippen molar-refractivity contribution < 1.29 is 5.11 Å². The third-order valence-electron chi connectivity index (χ3n) is 4.37. The Kier molecular flexibility index (Phi) is 6.77. The Bertz CT molecular complexity index is 328. The maximum absolute atomic E-state index is 9.68. The van der Waals surface area contributed by atoms with Crippen molar-refractivity contribution in [3.63, 3.8) is 0 Å². The molecule has 2 heterocycles. The molecule has 2 aliphatic rings. The average molecular weight is 296 g/mol. The number of hydrogen-bond acceptors (Lipinski definition) is 3. The standard InChI is InChI=1S/C16H32N4O/c1-3-17-16(20-10-7-15(21)13-20)18-11-14(2)12-19-8-5-4-6-9-19/h14-15,21H,3-13H2,1-2H3,(H,17,18)/t14?,15-/m1/s1. The SMILES string of the molecule is CCNC(=NCC(C)CN1CCCCC1)N1CC[C@@H](O)C1. The number of β-amino-alcohol motifs (C(OH)–C–C–N with tert-alkyl or cyclic N) is 1. The molecule has 0 spiro atoms. The summed E-state index contributed by atoms with van der Waals surface area (Å²) >= 11 is 0. The van der Waals surface area contributed by atoms with Crippen molar-refractivity contribution >= 4 is 5.96 Å². The van der Waals surface area contributed by atoms with E-state index in [1.165, 1.54) is 32.4 Å². The van der Waals surface area contributed by atoms with E-state index in [9.17, 15) is 5.11 Å². The van der Waals surface area contributed by atoms with E-state index in [0.717, 1.165) is 38.6 Å². The van der Waals surface area contributed by atoms with Crippen molar-refractivity contribution in [2.75, 3.05) is 45.8 Å². The molecule has 0 amide bonds. The van der Waals surface area contributed by atoms with Gasteiger partial charge in [-0.3, -0.25) is 4.99 Å². The van der Waals surface area contributed by atoms with Crippen LogP contribution in [0.5, 0.6) is 0 Å². The zero-order valence-electron chi connectivity index (χ0n) is 13.7. The zero-order chi connectivity index (χ0) is 15.1. The Balaban J connectivity index is 1.80. The van der Waals surface area contributed by atoms with E-state index in [1.807, 2.05) is 0 Å². The van der Waals surface area contributed by atoms with E-state index in [1.54, 1.807) is 0 Å². The van der Waals surface area contributed by atoms with Crippen molar-refractivity contribution in [2.45, 2.75) is 45.6 Å². The number of aliphatic imine (C=N–C) groups is 1. The Morgan fingerprint density at radius 2 is 2.05 bits per heavy atom. The lowest BCUT2D eigenvalue weighted by molar-refractivity contribution is 0.187. The first kappa shape index (κ1) is 16.6. The summed E-state index contributed by atoms with van der Waals surface area (Å²) in [6.45, 7) is 11.4. The molecule has 5 heteroatoms. The summed E-state index contributed by atoms with van der Waals surface area (Å²) in [6.07, 6.45) is 4.76. The number of guanidine groups is 1. The summed E-state index contributed by atoms with van der Waals surface area (Å²) in [6, 6.07) is 0. The highest BCUT2D eigenvalue weighted by Crippen LogP contribution is 2.12. The minimum absolute atomic E-state index is 0.195. The molecule has 0 aliphatic carbocycles. The third-order valence-corrected chi connectivity index (χ3v) is 4.37. The minimum Gasteiger partial charge on any atom is -0.391 e. The van der Waals surface area contributed by atoms with Crippen LogP contribution in [0, 0.1) is 5.92 Å². The molecule has 0 aromatic carbocycles. The smallest absolute Gasteiger partial charge is 0.194 e. The molecule has 0 aromatic rings. The van der Waals surface area contributed by atoms with E-state index in [0.29, 0.717) is 12.5 Å². The lowest BCUT2D eigenvalue weighted by Crippen LogP contribution is -2.41. The van der Waals surface area contributed by atoms with Crippen LogP contribution in [0.4, 0.5) is 0 Å². The molecule has 21 heavy (non-hydrogen) atoms. The predicted molar refractivity (Wildman–Crippen MR) is 87.6 cm³/mol. The van der Waals surface area contributed by atoms with Gasteiger partial charge in [0.1, 0.15) is 0 Å². The fourth-order valence-electron chi connectivity index (χ4n) is 3.24. The summed E-state index contributed by atoms with van der Waals surface area (Å²) in [5.74, 6) is 1.56. The first-order chi connectivity index (χ1) is 10.2. The zero-order valence-corrected chi connectivity index (χ0v) is 13.7. The molecule has 1 unspecified atom stereocenters. The first-order valence-electron chi connectivity index (χ1n) is 8.62. The second kappa shape index (κ2) is 8.59. The molecule has 0 bridgehead atoms. The van der Waals surface area contributed by atoms with Crippen LogP contribution in [0.25, 0.3) is 0 Å². The quantitative estimate of drug-likeness (QED) is 0.590. The largest absolute Gasteiger partial charge is 0.391 e. The molecule has 0 aromatic heterocycles. The monoisotopic (exact) mass is 296 g/mol. The highest BCUT2D eigenvalue weighted by atomic mass is 16.3. The number of hydrogen-bond donors (Lipinski definition) is 2. The molecule has 0 saturated carbocycles. The van der Waals surface area contributed by atoms with Gasteiger partial charge in [0.25, 0.3) is 0 Å². The lowest BCUT2D eigenvalue weighted by atomic mass is 10.1. The summed E-state index contributed by atoms with van der Waals surface area (Å²) < 4.78 is 0. The molecule has 0 radical (unpaired) electrons. The van der Waals surface area contributed by atoms with Crippen molar-refractivity contribution in [3.8, 4) is 0 Å². The highest BCUT2D eigenvalue weighted by Gasteiger charge is 2.23. The Morgan fingerprint density at radius 3 is 2.67 bits per heavy atom. The number of rotatable bonds is 5.